The van der Waals surface area contributed by atoms with Crippen LogP contribution in [0.3, 0.4) is 0 Å². The van der Waals surface area contributed by atoms with Crippen molar-refractivity contribution in [1.29, 1.82) is 0 Å². The highest BCUT2D eigenvalue weighted by atomic mass is 32.2. The molecule has 2 rings (SSSR count). The third-order valence-corrected chi connectivity index (χ3v) is 4.41. The summed E-state index contributed by atoms with van der Waals surface area (Å²) in [5.74, 6) is -3.66. The molecule has 0 saturated carbocycles. The predicted molar refractivity (Wildman–Crippen MR) is 76.7 cm³/mol. The Balaban J connectivity index is 2.37. The van der Waals surface area contributed by atoms with Gasteiger partial charge in [0.15, 0.2) is 0 Å². The number of aliphatic carboxylic acids is 1. The third kappa shape index (κ3) is 3.07. The Hall–Kier alpha value is -2.87. The number of nitrogens with zero attached hydrogens (tertiary/aromatic N) is 1. The third-order valence-electron chi connectivity index (χ3n) is 2.76. The monoisotopic (exact) mass is 321 g/mol. The van der Waals surface area contributed by atoms with E-state index in [0.717, 1.165) is 10.2 Å². The number of carboxylic acids is 1. The van der Waals surface area contributed by atoms with Crippen molar-refractivity contribution in [3.63, 3.8) is 0 Å². The van der Waals surface area contributed by atoms with Crippen molar-refractivity contribution in [2.75, 3.05) is 0 Å². The molecule has 22 heavy (non-hydrogen) atoms. The van der Waals surface area contributed by atoms with Gasteiger partial charge in [-0.1, -0.05) is 18.2 Å². The van der Waals surface area contributed by atoms with Crippen molar-refractivity contribution in [2.24, 2.45) is 0 Å². The zero-order valence-corrected chi connectivity index (χ0v) is 11.9. The largest absolute Gasteiger partial charge is 0.507 e. The minimum atomic E-state index is -3.82. The van der Waals surface area contributed by atoms with E-state index in [1.807, 2.05) is 0 Å². The Bertz CT molecular complexity index is 848. The molecule has 0 fully saturated rings. The van der Waals surface area contributed by atoms with E-state index in [-0.39, 0.29) is 10.5 Å². The van der Waals surface area contributed by atoms with Gasteiger partial charge in [0.2, 0.25) is 0 Å². The minimum absolute atomic E-state index is 0.00843. The van der Waals surface area contributed by atoms with E-state index in [9.17, 15) is 23.1 Å². The second-order valence-corrected chi connectivity index (χ2v) is 6.09. The first-order valence-electron chi connectivity index (χ1n) is 5.99. The van der Waals surface area contributed by atoms with E-state index in [4.69, 9.17) is 5.11 Å². The molecule has 7 nitrogen and oxygen atoms in total. The van der Waals surface area contributed by atoms with Gasteiger partial charge in [-0.15, -0.1) is 0 Å². The molecule has 2 aromatic rings. The van der Waals surface area contributed by atoms with E-state index >= 15 is 0 Å². The average molecular weight is 321 g/mol. The summed E-state index contributed by atoms with van der Waals surface area (Å²) in [5.41, 5.74) is 0.00843. The lowest BCUT2D eigenvalue weighted by atomic mass is 10.2. The van der Waals surface area contributed by atoms with Crippen LogP contribution in [0.5, 0.6) is 0 Å². The highest BCUT2D eigenvalue weighted by molar-refractivity contribution is 7.90. The molecule has 1 aromatic carbocycles. The summed E-state index contributed by atoms with van der Waals surface area (Å²) in [7, 11) is -3.82. The zero-order valence-electron chi connectivity index (χ0n) is 11.1. The van der Waals surface area contributed by atoms with Crippen LogP contribution < -0.4 is 0 Å². The van der Waals surface area contributed by atoms with Gasteiger partial charge >= 0.3 is 5.97 Å². The number of hydrogen-bond acceptors (Lipinski definition) is 5. The lowest BCUT2D eigenvalue weighted by Gasteiger charge is -2.04. The Labute approximate surface area is 125 Å². The average Bonchev–Trinajstić information content (AvgIpc) is 2.98. The number of carbonyl (C=O) groups excluding carboxylic acids is 1. The summed E-state index contributed by atoms with van der Waals surface area (Å²) in [6, 6.07) is 8.89. The Morgan fingerprint density at radius 2 is 1.68 bits per heavy atom. The molecule has 2 N–H and O–H groups in total. The first kappa shape index (κ1) is 15.5. The molecule has 0 aliphatic rings. The van der Waals surface area contributed by atoms with E-state index in [1.54, 1.807) is 18.2 Å². The number of aliphatic hydroxyl groups excluding tert-OH is 1. The van der Waals surface area contributed by atoms with Gasteiger partial charge in [0.25, 0.3) is 15.8 Å². The van der Waals surface area contributed by atoms with Crippen LogP contribution in [0.4, 0.5) is 0 Å². The summed E-state index contributed by atoms with van der Waals surface area (Å²) < 4.78 is 25.5. The summed E-state index contributed by atoms with van der Waals surface area (Å²) in [6.45, 7) is 0. The standard InChI is InChI=1S/C14H11NO6S/c16-12(8-13(17)14(18)19)10-6-7-15(9-10)22(20,21)11-4-2-1-3-5-11/h1-9,16H,(H,18,19). The quantitative estimate of drug-likeness (QED) is 0.487. The molecule has 0 saturated heterocycles. The number of rotatable bonds is 5. The number of aliphatic hydroxyl groups is 1. The molecule has 8 heteroatoms. The Morgan fingerprint density at radius 3 is 2.27 bits per heavy atom. The molecule has 0 radical (unpaired) electrons. The van der Waals surface area contributed by atoms with Crippen LogP contribution in [0.2, 0.25) is 0 Å². The highest BCUT2D eigenvalue weighted by Crippen LogP contribution is 2.18. The number of aromatic nitrogens is 1. The first-order chi connectivity index (χ1) is 10.3. The maximum absolute atomic E-state index is 12.3. The van der Waals surface area contributed by atoms with Crippen LogP contribution in [-0.2, 0) is 19.6 Å². The number of hydrogen-bond donors (Lipinski definition) is 2. The van der Waals surface area contributed by atoms with Gasteiger partial charge in [-0.25, -0.2) is 17.2 Å². The molecular formula is C14H11NO6S. The molecule has 1 heterocycles. The number of ketones is 1. The Morgan fingerprint density at radius 1 is 1.05 bits per heavy atom. The molecule has 0 aliphatic carbocycles. The van der Waals surface area contributed by atoms with Crippen molar-refractivity contribution in [3.05, 3.63) is 60.4 Å². The van der Waals surface area contributed by atoms with Gasteiger partial charge in [-0.3, -0.25) is 4.79 Å². The van der Waals surface area contributed by atoms with Gasteiger partial charge in [-0.05, 0) is 18.2 Å². The van der Waals surface area contributed by atoms with Crippen molar-refractivity contribution >= 4 is 27.5 Å². The fourth-order valence-corrected chi connectivity index (χ4v) is 2.88. The summed E-state index contributed by atoms with van der Waals surface area (Å²) >= 11 is 0. The van der Waals surface area contributed by atoms with E-state index in [1.165, 1.54) is 24.4 Å². The Kier molecular flexibility index (Phi) is 4.13. The normalized spacial score (nSPS) is 12.1. The lowest BCUT2D eigenvalue weighted by Crippen LogP contribution is -2.11. The van der Waals surface area contributed by atoms with Crippen LogP contribution in [0.1, 0.15) is 5.56 Å². The smallest absolute Gasteiger partial charge is 0.376 e. The number of carbonyl (C=O) groups is 2. The maximum atomic E-state index is 12.3. The van der Waals surface area contributed by atoms with Gasteiger partial charge < -0.3 is 10.2 Å². The number of carboxylic acid groups (broad SMARTS) is 1. The second-order valence-electron chi connectivity index (χ2n) is 4.25. The van der Waals surface area contributed by atoms with Crippen LogP contribution >= 0.6 is 0 Å². The second kappa shape index (κ2) is 5.86. The summed E-state index contributed by atoms with van der Waals surface area (Å²) in [5, 5.41) is 18.1. The van der Waals surface area contributed by atoms with E-state index in [2.05, 4.69) is 0 Å². The highest BCUT2D eigenvalue weighted by Gasteiger charge is 2.17. The van der Waals surface area contributed by atoms with Crippen molar-refractivity contribution in [1.82, 2.24) is 3.97 Å². The van der Waals surface area contributed by atoms with Gasteiger partial charge in [0, 0.05) is 24.0 Å². The fourth-order valence-electron chi connectivity index (χ4n) is 1.66. The maximum Gasteiger partial charge on any atom is 0.376 e. The molecule has 0 amide bonds. The minimum Gasteiger partial charge on any atom is -0.507 e. The molecule has 0 spiro atoms. The van der Waals surface area contributed by atoms with Gasteiger partial charge in [-0.2, -0.15) is 0 Å². The zero-order chi connectivity index (χ0) is 16.3. The molecule has 0 aliphatic heterocycles. The number of benzene rings is 1. The summed E-state index contributed by atoms with van der Waals surface area (Å²) in [4.78, 5) is 21.5. The van der Waals surface area contributed by atoms with Crippen molar-refractivity contribution < 1.29 is 28.2 Å². The predicted octanol–water partition coefficient (Wildman–Crippen LogP) is 1.28. The molecule has 114 valence electrons. The molecule has 0 atom stereocenters. The first-order valence-corrected chi connectivity index (χ1v) is 7.43. The molecule has 0 unspecified atom stereocenters. The molecule has 0 bridgehead atoms. The van der Waals surface area contributed by atoms with Gasteiger partial charge in [0.1, 0.15) is 5.76 Å². The molecular weight excluding hydrogens is 310 g/mol. The van der Waals surface area contributed by atoms with E-state index in [0.29, 0.717) is 6.08 Å². The van der Waals surface area contributed by atoms with Gasteiger partial charge in [0.05, 0.1) is 4.90 Å². The van der Waals surface area contributed by atoms with Crippen molar-refractivity contribution in [3.8, 4) is 0 Å². The topological polar surface area (TPSA) is 114 Å². The lowest BCUT2D eigenvalue weighted by molar-refractivity contribution is -0.146. The van der Waals surface area contributed by atoms with Crippen molar-refractivity contribution in [2.45, 2.75) is 4.90 Å². The van der Waals surface area contributed by atoms with Crippen LogP contribution in [0.25, 0.3) is 5.76 Å². The van der Waals surface area contributed by atoms with Crippen LogP contribution in [0, 0.1) is 0 Å². The SMILES string of the molecule is O=C(O)C(=O)C=C(O)c1ccn(S(=O)(=O)c2ccccc2)c1. The fraction of sp³-hybridized carbons (Fsp3) is 0. The van der Waals surface area contributed by atoms with Crippen LogP contribution in [-0.4, -0.2) is 34.4 Å². The summed E-state index contributed by atoms with van der Waals surface area (Å²) in [6.07, 6.45) is 2.79. The van der Waals surface area contributed by atoms with Crippen LogP contribution in [0.15, 0.2) is 59.8 Å². The molecule has 1 aromatic heterocycles. The van der Waals surface area contributed by atoms with E-state index < -0.39 is 27.5 Å².